The van der Waals surface area contributed by atoms with Gasteiger partial charge in [-0.15, -0.1) is 0 Å². The van der Waals surface area contributed by atoms with Crippen LogP contribution < -0.4 is 4.74 Å². The van der Waals surface area contributed by atoms with Crippen LogP contribution in [0.3, 0.4) is 0 Å². The van der Waals surface area contributed by atoms with Crippen molar-refractivity contribution in [2.75, 3.05) is 7.11 Å². The second kappa shape index (κ2) is 4.46. The van der Waals surface area contributed by atoms with Gasteiger partial charge in [0, 0.05) is 0 Å². The maximum Gasteiger partial charge on any atom is 0.118 e. The van der Waals surface area contributed by atoms with Gasteiger partial charge >= 0.3 is 0 Å². The molecule has 0 aromatic heterocycles. The van der Waals surface area contributed by atoms with E-state index in [0.717, 1.165) is 30.6 Å². The van der Waals surface area contributed by atoms with Gasteiger partial charge in [0.15, 0.2) is 0 Å². The molecule has 88 valence electrons. The van der Waals surface area contributed by atoms with E-state index in [1.807, 2.05) is 24.3 Å². The first-order valence-corrected chi connectivity index (χ1v) is 6.04. The monoisotopic (exact) mass is 220 g/mol. The van der Waals surface area contributed by atoms with E-state index in [1.54, 1.807) is 7.11 Å². The molecule has 0 aliphatic heterocycles. The van der Waals surface area contributed by atoms with Crippen LogP contribution in [0.1, 0.15) is 38.2 Å². The minimum absolute atomic E-state index is 0.342. The van der Waals surface area contributed by atoms with Crippen LogP contribution >= 0.6 is 0 Å². The van der Waals surface area contributed by atoms with Gasteiger partial charge in [0.25, 0.3) is 0 Å². The second-order valence-electron chi connectivity index (χ2n) is 4.80. The molecule has 1 fully saturated rings. The number of aliphatic hydroxyl groups is 1. The maximum atomic E-state index is 10.7. The van der Waals surface area contributed by atoms with E-state index in [9.17, 15) is 5.11 Å². The standard InChI is InChI=1S/C14H20O2/c1-11-5-3-4-10-14(11,15)12-6-8-13(16-2)9-7-12/h6-9,11,15H,3-5,10H2,1-2H3. The summed E-state index contributed by atoms with van der Waals surface area (Å²) in [6.07, 6.45) is 4.34. The number of rotatable bonds is 2. The van der Waals surface area contributed by atoms with Crippen LogP contribution in [0, 0.1) is 5.92 Å². The highest BCUT2D eigenvalue weighted by Gasteiger charge is 2.37. The zero-order chi connectivity index (χ0) is 11.6. The summed E-state index contributed by atoms with van der Waals surface area (Å²) >= 11 is 0. The van der Waals surface area contributed by atoms with Crippen LogP contribution in [-0.4, -0.2) is 12.2 Å². The first-order chi connectivity index (χ1) is 7.66. The van der Waals surface area contributed by atoms with Gasteiger partial charge in [-0.25, -0.2) is 0 Å². The van der Waals surface area contributed by atoms with Crippen molar-refractivity contribution in [3.05, 3.63) is 29.8 Å². The van der Waals surface area contributed by atoms with Crippen LogP contribution in [0.2, 0.25) is 0 Å². The average molecular weight is 220 g/mol. The third-order valence-electron chi connectivity index (χ3n) is 3.85. The maximum absolute atomic E-state index is 10.7. The lowest BCUT2D eigenvalue weighted by atomic mass is 9.72. The minimum Gasteiger partial charge on any atom is -0.497 e. The fourth-order valence-corrected chi connectivity index (χ4v) is 2.64. The van der Waals surface area contributed by atoms with Crippen LogP contribution in [0.15, 0.2) is 24.3 Å². The number of hydrogen-bond acceptors (Lipinski definition) is 2. The molecule has 1 N–H and O–H groups in total. The zero-order valence-corrected chi connectivity index (χ0v) is 10.1. The summed E-state index contributed by atoms with van der Waals surface area (Å²) in [5.41, 5.74) is 0.394. The van der Waals surface area contributed by atoms with E-state index in [4.69, 9.17) is 4.74 Å². The predicted molar refractivity (Wildman–Crippen MR) is 64.5 cm³/mol. The van der Waals surface area contributed by atoms with Crippen LogP contribution in [0.4, 0.5) is 0 Å². The Morgan fingerprint density at radius 2 is 1.94 bits per heavy atom. The number of benzene rings is 1. The Balaban J connectivity index is 2.26. The quantitative estimate of drug-likeness (QED) is 0.830. The molecule has 2 rings (SSSR count). The van der Waals surface area contributed by atoms with Crippen molar-refractivity contribution in [2.24, 2.45) is 5.92 Å². The van der Waals surface area contributed by atoms with Crippen molar-refractivity contribution in [1.29, 1.82) is 0 Å². The molecule has 1 aliphatic carbocycles. The van der Waals surface area contributed by atoms with Gasteiger partial charge in [-0.1, -0.05) is 31.9 Å². The van der Waals surface area contributed by atoms with Gasteiger partial charge in [0.2, 0.25) is 0 Å². The molecule has 1 aromatic rings. The molecule has 2 atom stereocenters. The van der Waals surface area contributed by atoms with Crippen molar-refractivity contribution in [2.45, 2.75) is 38.2 Å². The summed E-state index contributed by atoms with van der Waals surface area (Å²) in [6.45, 7) is 2.14. The molecular weight excluding hydrogens is 200 g/mol. The van der Waals surface area contributed by atoms with Crippen LogP contribution in [0.25, 0.3) is 0 Å². The SMILES string of the molecule is COc1ccc(C2(O)CCCCC2C)cc1. The lowest BCUT2D eigenvalue weighted by molar-refractivity contribution is -0.0469. The molecule has 0 amide bonds. The van der Waals surface area contributed by atoms with E-state index < -0.39 is 5.60 Å². The fourth-order valence-electron chi connectivity index (χ4n) is 2.64. The Hall–Kier alpha value is -1.02. The molecule has 0 radical (unpaired) electrons. The second-order valence-corrected chi connectivity index (χ2v) is 4.80. The van der Waals surface area contributed by atoms with Gasteiger partial charge in [0.1, 0.15) is 5.75 Å². The lowest BCUT2D eigenvalue weighted by Gasteiger charge is -2.38. The molecule has 2 unspecified atom stereocenters. The third-order valence-corrected chi connectivity index (χ3v) is 3.85. The normalized spacial score (nSPS) is 30.1. The van der Waals surface area contributed by atoms with E-state index in [1.165, 1.54) is 6.42 Å². The average Bonchev–Trinajstić information content (AvgIpc) is 2.33. The van der Waals surface area contributed by atoms with Crippen molar-refractivity contribution >= 4 is 0 Å². The molecule has 1 aliphatic rings. The summed E-state index contributed by atoms with van der Waals surface area (Å²) < 4.78 is 5.13. The summed E-state index contributed by atoms with van der Waals surface area (Å²) in [5.74, 6) is 1.19. The molecule has 1 aromatic carbocycles. The fraction of sp³-hybridized carbons (Fsp3) is 0.571. The Morgan fingerprint density at radius 3 is 2.50 bits per heavy atom. The van der Waals surface area contributed by atoms with E-state index in [2.05, 4.69) is 6.92 Å². The third kappa shape index (κ3) is 1.94. The van der Waals surface area contributed by atoms with Crippen molar-refractivity contribution in [3.8, 4) is 5.75 Å². The van der Waals surface area contributed by atoms with Crippen molar-refractivity contribution in [1.82, 2.24) is 0 Å². The van der Waals surface area contributed by atoms with Crippen LogP contribution in [-0.2, 0) is 5.60 Å². The van der Waals surface area contributed by atoms with E-state index in [-0.39, 0.29) is 0 Å². The van der Waals surface area contributed by atoms with E-state index in [0.29, 0.717) is 5.92 Å². The summed E-state index contributed by atoms with van der Waals surface area (Å²) in [6, 6.07) is 7.82. The molecular formula is C14H20O2. The zero-order valence-electron chi connectivity index (χ0n) is 10.1. The predicted octanol–water partition coefficient (Wildman–Crippen LogP) is 3.09. The Bertz CT molecular complexity index is 344. The smallest absolute Gasteiger partial charge is 0.118 e. The van der Waals surface area contributed by atoms with Crippen molar-refractivity contribution in [3.63, 3.8) is 0 Å². The Kier molecular flexibility index (Phi) is 3.20. The number of ether oxygens (including phenoxy) is 1. The van der Waals surface area contributed by atoms with Crippen LogP contribution in [0.5, 0.6) is 5.75 Å². The highest BCUT2D eigenvalue weighted by atomic mass is 16.5. The molecule has 0 saturated heterocycles. The highest BCUT2D eigenvalue weighted by molar-refractivity contribution is 5.31. The first-order valence-electron chi connectivity index (χ1n) is 6.04. The largest absolute Gasteiger partial charge is 0.497 e. The topological polar surface area (TPSA) is 29.5 Å². The molecule has 2 nitrogen and oxygen atoms in total. The Labute approximate surface area is 97.3 Å². The van der Waals surface area contributed by atoms with Gasteiger partial charge in [0.05, 0.1) is 12.7 Å². The lowest BCUT2D eigenvalue weighted by Crippen LogP contribution is -2.36. The molecule has 16 heavy (non-hydrogen) atoms. The minimum atomic E-state index is -0.634. The number of hydrogen-bond donors (Lipinski definition) is 1. The van der Waals surface area contributed by atoms with E-state index >= 15 is 0 Å². The molecule has 0 heterocycles. The molecule has 1 saturated carbocycles. The van der Waals surface area contributed by atoms with Gasteiger partial charge < -0.3 is 9.84 Å². The first kappa shape index (κ1) is 11.5. The molecule has 0 spiro atoms. The summed E-state index contributed by atoms with van der Waals surface area (Å²) in [7, 11) is 1.66. The van der Waals surface area contributed by atoms with Gasteiger partial charge in [-0.2, -0.15) is 0 Å². The molecule has 0 bridgehead atoms. The van der Waals surface area contributed by atoms with Gasteiger partial charge in [-0.05, 0) is 36.5 Å². The Morgan fingerprint density at radius 1 is 1.25 bits per heavy atom. The highest BCUT2D eigenvalue weighted by Crippen LogP contribution is 2.41. The summed E-state index contributed by atoms with van der Waals surface area (Å²) in [4.78, 5) is 0. The van der Waals surface area contributed by atoms with Gasteiger partial charge in [-0.3, -0.25) is 0 Å². The molecule has 2 heteroatoms. The number of methoxy groups -OCH3 is 1. The van der Waals surface area contributed by atoms with Crippen molar-refractivity contribution < 1.29 is 9.84 Å². The summed E-state index contributed by atoms with van der Waals surface area (Å²) in [5, 5.41) is 10.7.